The number of nitrogens with two attached hydrogens (primary N) is 1. The number of primary amides is 1. The summed E-state index contributed by atoms with van der Waals surface area (Å²) in [5.74, 6) is -2.59. The molecule has 0 aromatic rings. The predicted molar refractivity (Wildman–Crippen MR) is 98.0 cm³/mol. The number of amides is 3. The molecule has 28 heavy (non-hydrogen) atoms. The van der Waals surface area contributed by atoms with E-state index in [0.717, 1.165) is 0 Å². The molecule has 0 spiro atoms. The van der Waals surface area contributed by atoms with Crippen LogP contribution in [0.5, 0.6) is 0 Å². The van der Waals surface area contributed by atoms with Crippen LogP contribution in [0, 0.1) is 0 Å². The summed E-state index contributed by atoms with van der Waals surface area (Å²) in [6.45, 7) is 0.198. The molecule has 160 valence electrons. The van der Waals surface area contributed by atoms with Gasteiger partial charge in [-0.2, -0.15) is 12.6 Å². The third-order valence-corrected chi connectivity index (χ3v) is 4.39. The number of aliphatic hydroxyl groups excluding tert-OH is 3. The molecule has 1 fully saturated rings. The molecule has 1 aliphatic rings. The number of thiol groups is 1. The van der Waals surface area contributed by atoms with Crippen LogP contribution < -0.4 is 21.7 Å². The fraction of sp³-hybridized carbons (Fsp3) is 0.733. The molecule has 0 aromatic carbocycles. The van der Waals surface area contributed by atoms with Gasteiger partial charge in [0.25, 0.3) is 0 Å². The van der Waals surface area contributed by atoms with Crippen molar-refractivity contribution in [2.75, 3.05) is 18.9 Å². The van der Waals surface area contributed by atoms with Crippen molar-refractivity contribution in [2.45, 2.75) is 50.0 Å². The molecule has 13 heteroatoms. The smallest absolute Gasteiger partial charge is 0.236 e. The number of hydrogen-bond acceptors (Lipinski definition) is 10. The first-order valence-corrected chi connectivity index (χ1v) is 9.08. The van der Waals surface area contributed by atoms with Crippen molar-refractivity contribution in [1.29, 1.82) is 0 Å². The van der Waals surface area contributed by atoms with E-state index in [2.05, 4.69) is 28.6 Å². The lowest BCUT2D eigenvalue weighted by Crippen LogP contribution is -2.68. The number of aliphatic hydroxyl groups is 3. The fourth-order valence-corrected chi connectivity index (χ4v) is 2.71. The highest BCUT2D eigenvalue weighted by atomic mass is 32.1. The van der Waals surface area contributed by atoms with E-state index in [1.807, 2.05) is 0 Å². The second kappa shape index (κ2) is 11.3. The Hall–Kier alpha value is -1.77. The number of hydrogen-bond donors (Lipinski definition) is 8. The van der Waals surface area contributed by atoms with Crippen LogP contribution in [0.1, 0.15) is 13.3 Å². The largest absolute Gasteiger partial charge is 0.394 e. The van der Waals surface area contributed by atoms with Crippen molar-refractivity contribution in [1.82, 2.24) is 16.0 Å². The van der Waals surface area contributed by atoms with Gasteiger partial charge < -0.3 is 36.4 Å². The van der Waals surface area contributed by atoms with E-state index < -0.39 is 73.3 Å². The van der Waals surface area contributed by atoms with Gasteiger partial charge >= 0.3 is 0 Å². The average molecular weight is 422 g/mol. The molecule has 1 heterocycles. The summed E-state index contributed by atoms with van der Waals surface area (Å²) in [5.41, 5.74) is 5.05. The molecule has 0 bridgehead atoms. The monoisotopic (exact) mass is 422 g/mol. The number of carbonyl (C=O) groups excluding carboxylic acids is 4. The minimum atomic E-state index is -1.53. The maximum absolute atomic E-state index is 12.2. The van der Waals surface area contributed by atoms with Gasteiger partial charge in [0.1, 0.15) is 30.1 Å². The Labute approximate surface area is 166 Å². The highest BCUT2D eigenvalue weighted by Gasteiger charge is 2.45. The molecule has 8 N–H and O–H groups in total. The zero-order valence-electron chi connectivity index (χ0n) is 15.2. The zero-order valence-corrected chi connectivity index (χ0v) is 16.1. The Morgan fingerprint density at radius 2 is 1.79 bits per heavy atom. The van der Waals surface area contributed by atoms with E-state index in [1.54, 1.807) is 0 Å². The van der Waals surface area contributed by atoms with Crippen LogP contribution >= 0.6 is 12.6 Å². The summed E-state index contributed by atoms with van der Waals surface area (Å²) >= 11 is 3.80. The fourth-order valence-electron chi connectivity index (χ4n) is 2.62. The number of nitrogens with one attached hydrogen (secondary N) is 3. The van der Waals surface area contributed by atoms with Gasteiger partial charge in [-0.15, -0.1) is 0 Å². The Kier molecular flexibility index (Phi) is 9.78. The molecule has 1 saturated heterocycles. The average Bonchev–Trinajstić information content (AvgIpc) is 2.63. The lowest BCUT2D eigenvalue weighted by atomic mass is 9.96. The van der Waals surface area contributed by atoms with Gasteiger partial charge in [-0.25, -0.2) is 0 Å². The first kappa shape index (κ1) is 24.3. The maximum atomic E-state index is 12.2. The van der Waals surface area contributed by atoms with E-state index in [0.29, 0.717) is 0 Å². The molecule has 0 saturated carbocycles. The molecule has 6 atom stereocenters. The number of ether oxygens (including phenoxy) is 1. The van der Waals surface area contributed by atoms with Crippen molar-refractivity contribution in [3.63, 3.8) is 0 Å². The van der Waals surface area contributed by atoms with Crippen LogP contribution in [0.3, 0.4) is 0 Å². The summed E-state index contributed by atoms with van der Waals surface area (Å²) in [6.07, 6.45) is -5.80. The molecule has 2 unspecified atom stereocenters. The van der Waals surface area contributed by atoms with Crippen LogP contribution in [0.25, 0.3) is 0 Å². The van der Waals surface area contributed by atoms with Crippen LogP contribution in [-0.2, 0) is 23.9 Å². The van der Waals surface area contributed by atoms with Crippen LogP contribution in [-0.4, -0.2) is 94.4 Å². The molecule has 12 nitrogen and oxygen atoms in total. The summed E-state index contributed by atoms with van der Waals surface area (Å²) < 4.78 is 5.37. The van der Waals surface area contributed by atoms with E-state index >= 15 is 0 Å². The summed E-state index contributed by atoms with van der Waals surface area (Å²) in [5, 5.41) is 36.8. The second-order valence-corrected chi connectivity index (χ2v) is 6.61. The lowest BCUT2D eigenvalue weighted by Gasteiger charge is -2.42. The topological polar surface area (TPSA) is 200 Å². The first-order valence-electron chi connectivity index (χ1n) is 8.44. The Balaban J connectivity index is 2.79. The normalized spacial score (nSPS) is 28.2. The van der Waals surface area contributed by atoms with Gasteiger partial charge in [-0.1, -0.05) is 0 Å². The van der Waals surface area contributed by atoms with E-state index in [-0.39, 0.29) is 12.2 Å². The SMILES string of the molecule is CC(=O)[C@H](CC(N)=O)NCC(=O)N[C@@H]1OC(CO)[C@@H](O)C(O)[C@@H]1NC(=O)CS. The lowest BCUT2D eigenvalue weighted by molar-refractivity contribution is -0.203. The van der Waals surface area contributed by atoms with Crippen molar-refractivity contribution in [3.05, 3.63) is 0 Å². The molecule has 0 aliphatic carbocycles. The molecule has 0 radical (unpaired) electrons. The van der Waals surface area contributed by atoms with Crippen LogP contribution in [0.4, 0.5) is 0 Å². The Morgan fingerprint density at radius 1 is 1.14 bits per heavy atom. The number of rotatable bonds is 10. The van der Waals surface area contributed by atoms with Gasteiger partial charge in [0.2, 0.25) is 17.7 Å². The maximum Gasteiger partial charge on any atom is 0.236 e. The van der Waals surface area contributed by atoms with Gasteiger partial charge in [0.15, 0.2) is 6.23 Å². The van der Waals surface area contributed by atoms with E-state index in [4.69, 9.17) is 10.5 Å². The van der Waals surface area contributed by atoms with E-state index in [1.165, 1.54) is 6.92 Å². The molecular formula is C15H26N4O8S. The zero-order chi connectivity index (χ0) is 21.4. The third kappa shape index (κ3) is 7.00. The number of Topliss-reactive ketones (excluding diaryl/α,β-unsaturated/α-hetero) is 1. The Bertz CT molecular complexity index is 592. The van der Waals surface area contributed by atoms with Crippen LogP contribution in [0.15, 0.2) is 0 Å². The predicted octanol–water partition coefficient (Wildman–Crippen LogP) is -4.62. The Morgan fingerprint density at radius 3 is 2.29 bits per heavy atom. The van der Waals surface area contributed by atoms with Gasteiger partial charge in [-0.3, -0.25) is 24.5 Å². The summed E-state index contributed by atoms with van der Waals surface area (Å²) in [6, 6.07) is -2.16. The highest BCUT2D eigenvalue weighted by molar-refractivity contribution is 7.81. The molecular weight excluding hydrogens is 396 g/mol. The van der Waals surface area contributed by atoms with Crippen molar-refractivity contribution < 1.29 is 39.2 Å². The highest BCUT2D eigenvalue weighted by Crippen LogP contribution is 2.20. The number of carbonyl (C=O) groups is 4. The molecule has 0 aromatic heterocycles. The van der Waals surface area contributed by atoms with E-state index in [9.17, 15) is 34.5 Å². The summed E-state index contributed by atoms with van der Waals surface area (Å²) in [7, 11) is 0. The van der Waals surface area contributed by atoms with Crippen molar-refractivity contribution >= 4 is 36.1 Å². The number of ketones is 1. The first-order chi connectivity index (χ1) is 13.1. The van der Waals surface area contributed by atoms with Crippen molar-refractivity contribution in [3.8, 4) is 0 Å². The summed E-state index contributed by atoms with van der Waals surface area (Å²) in [4.78, 5) is 46.3. The minimum Gasteiger partial charge on any atom is -0.394 e. The van der Waals surface area contributed by atoms with Gasteiger partial charge in [-0.05, 0) is 6.92 Å². The van der Waals surface area contributed by atoms with Gasteiger partial charge in [0.05, 0.1) is 24.9 Å². The van der Waals surface area contributed by atoms with Crippen LogP contribution in [0.2, 0.25) is 0 Å². The van der Waals surface area contributed by atoms with Gasteiger partial charge in [0, 0.05) is 6.42 Å². The van der Waals surface area contributed by atoms with Crippen molar-refractivity contribution in [2.24, 2.45) is 5.73 Å². The standard InChI is InChI=1S/C15H26N4O8S/c1-6(21)7(2-9(16)22)17-3-10(23)19-15-12(18-11(24)5-28)14(26)13(25)8(4-20)27-15/h7-8,12-15,17,20,25-26,28H,2-5H2,1H3,(H2,16,22)(H,18,24)(H,19,23)/t7-,8?,12-,13+,14?,15+/m0/s1. The third-order valence-electron chi connectivity index (χ3n) is 4.11. The second-order valence-electron chi connectivity index (χ2n) is 6.29. The molecule has 1 aliphatic heterocycles. The molecule has 1 rings (SSSR count). The molecule has 3 amide bonds. The quantitative estimate of drug-likeness (QED) is 0.159. The minimum absolute atomic E-state index is 0.210.